The molecular weight excluding hydrogens is 236 g/mol. The van der Waals surface area contributed by atoms with E-state index in [1.54, 1.807) is 6.33 Å². The van der Waals surface area contributed by atoms with Crippen molar-refractivity contribution >= 4 is 11.4 Å². The highest BCUT2D eigenvalue weighted by molar-refractivity contribution is 5.61. The minimum atomic E-state index is 0.752. The predicted molar refractivity (Wildman–Crippen MR) is 77.8 cm³/mol. The fourth-order valence-corrected chi connectivity index (χ4v) is 1.91. The fraction of sp³-hybridized carbons (Fsp3) is 0. The van der Waals surface area contributed by atoms with Crippen LogP contribution in [0, 0.1) is 0 Å². The lowest BCUT2D eigenvalue weighted by atomic mass is 10.1. The van der Waals surface area contributed by atoms with Crippen molar-refractivity contribution in [2.75, 3.05) is 11.5 Å². The molecule has 0 aliphatic rings. The zero-order valence-corrected chi connectivity index (χ0v) is 10.3. The van der Waals surface area contributed by atoms with Crippen LogP contribution in [0.25, 0.3) is 16.9 Å². The van der Waals surface area contributed by atoms with Crippen molar-refractivity contribution in [3.63, 3.8) is 0 Å². The van der Waals surface area contributed by atoms with Gasteiger partial charge < -0.3 is 16.0 Å². The number of nitrogens with zero attached hydrogens (tertiary/aromatic N) is 2. The number of nitrogen functional groups attached to an aromatic ring is 2. The second-order valence-corrected chi connectivity index (χ2v) is 4.38. The Kier molecular flexibility index (Phi) is 2.68. The van der Waals surface area contributed by atoms with Gasteiger partial charge in [0.25, 0.3) is 0 Å². The molecule has 0 amide bonds. The molecule has 1 aromatic heterocycles. The summed E-state index contributed by atoms with van der Waals surface area (Å²) in [6.45, 7) is 0. The van der Waals surface area contributed by atoms with Gasteiger partial charge in [0.1, 0.15) is 0 Å². The second-order valence-electron chi connectivity index (χ2n) is 4.38. The number of hydrogen-bond donors (Lipinski definition) is 2. The Balaban J connectivity index is 1.95. The molecule has 0 radical (unpaired) electrons. The van der Waals surface area contributed by atoms with Crippen LogP contribution in [-0.4, -0.2) is 9.55 Å². The Bertz CT molecular complexity index is 621. The molecule has 0 saturated carbocycles. The van der Waals surface area contributed by atoms with Crippen molar-refractivity contribution in [3.05, 3.63) is 61.1 Å². The van der Waals surface area contributed by atoms with Crippen LogP contribution < -0.4 is 11.5 Å². The van der Waals surface area contributed by atoms with Crippen LogP contribution in [0.5, 0.6) is 0 Å². The van der Waals surface area contributed by atoms with Gasteiger partial charge in [-0.25, -0.2) is 4.98 Å². The Morgan fingerprint density at radius 3 is 2.00 bits per heavy atom. The molecule has 4 heteroatoms. The van der Waals surface area contributed by atoms with Crippen molar-refractivity contribution in [2.45, 2.75) is 0 Å². The number of aromatic nitrogens is 2. The first-order valence-corrected chi connectivity index (χ1v) is 5.98. The van der Waals surface area contributed by atoms with E-state index in [0.29, 0.717) is 0 Å². The summed E-state index contributed by atoms with van der Waals surface area (Å²) in [6.07, 6.45) is 3.77. The lowest BCUT2D eigenvalue weighted by Crippen LogP contribution is -1.90. The lowest BCUT2D eigenvalue weighted by Gasteiger charge is -2.01. The van der Waals surface area contributed by atoms with E-state index in [9.17, 15) is 0 Å². The highest BCUT2D eigenvalue weighted by Crippen LogP contribution is 2.20. The molecule has 0 saturated heterocycles. The Morgan fingerprint density at radius 1 is 0.789 bits per heavy atom. The quantitative estimate of drug-likeness (QED) is 0.687. The summed E-state index contributed by atoms with van der Waals surface area (Å²) in [5.41, 5.74) is 15.8. The van der Waals surface area contributed by atoms with Crippen LogP contribution in [0.4, 0.5) is 11.4 Å². The molecule has 2 aromatic carbocycles. The third-order valence-electron chi connectivity index (χ3n) is 2.98. The average Bonchev–Trinajstić information content (AvgIpc) is 2.90. The number of benzene rings is 2. The Labute approximate surface area is 111 Å². The van der Waals surface area contributed by atoms with Gasteiger partial charge in [-0.15, -0.1) is 0 Å². The van der Waals surface area contributed by atoms with E-state index in [-0.39, 0.29) is 0 Å². The SMILES string of the molecule is Nc1ccc(-c2cn(-c3ccc(N)cc3)cn2)cc1. The smallest absolute Gasteiger partial charge is 0.0999 e. The number of anilines is 2. The van der Waals surface area contributed by atoms with Gasteiger partial charge in [-0.2, -0.15) is 0 Å². The molecule has 19 heavy (non-hydrogen) atoms. The number of rotatable bonds is 2. The minimum Gasteiger partial charge on any atom is -0.399 e. The van der Waals surface area contributed by atoms with Gasteiger partial charge in [0.05, 0.1) is 12.0 Å². The molecule has 3 aromatic rings. The van der Waals surface area contributed by atoms with E-state index in [1.807, 2.05) is 59.3 Å². The van der Waals surface area contributed by atoms with E-state index in [2.05, 4.69) is 4.98 Å². The topological polar surface area (TPSA) is 69.9 Å². The van der Waals surface area contributed by atoms with Gasteiger partial charge >= 0.3 is 0 Å². The third-order valence-corrected chi connectivity index (χ3v) is 2.98. The minimum absolute atomic E-state index is 0.752. The maximum Gasteiger partial charge on any atom is 0.0999 e. The zero-order valence-electron chi connectivity index (χ0n) is 10.3. The summed E-state index contributed by atoms with van der Waals surface area (Å²) >= 11 is 0. The van der Waals surface area contributed by atoms with Crippen molar-refractivity contribution in [2.24, 2.45) is 0 Å². The summed E-state index contributed by atoms with van der Waals surface area (Å²) in [5.74, 6) is 0. The van der Waals surface area contributed by atoms with Crippen LogP contribution in [-0.2, 0) is 0 Å². The van der Waals surface area contributed by atoms with Gasteiger partial charge in [-0.05, 0) is 36.4 Å². The van der Waals surface area contributed by atoms with Gasteiger partial charge in [-0.1, -0.05) is 12.1 Å². The van der Waals surface area contributed by atoms with E-state index in [0.717, 1.165) is 28.3 Å². The molecule has 94 valence electrons. The summed E-state index contributed by atoms with van der Waals surface area (Å²) in [4.78, 5) is 4.41. The molecule has 0 atom stereocenters. The highest BCUT2D eigenvalue weighted by atomic mass is 15.0. The maximum absolute atomic E-state index is 5.68. The normalized spacial score (nSPS) is 10.5. The first kappa shape index (κ1) is 11.3. The molecule has 0 fully saturated rings. The molecule has 0 unspecified atom stereocenters. The van der Waals surface area contributed by atoms with Crippen LogP contribution in [0.1, 0.15) is 0 Å². The number of imidazole rings is 1. The van der Waals surface area contributed by atoms with E-state index < -0.39 is 0 Å². The molecule has 0 aliphatic carbocycles. The van der Waals surface area contributed by atoms with Crippen LogP contribution >= 0.6 is 0 Å². The van der Waals surface area contributed by atoms with Gasteiger partial charge in [-0.3, -0.25) is 0 Å². The molecule has 0 aliphatic heterocycles. The largest absolute Gasteiger partial charge is 0.399 e. The standard InChI is InChI=1S/C15H14N4/c16-12-3-1-11(2-4-12)15-9-19(10-18-15)14-7-5-13(17)6-8-14/h1-10H,16-17H2. The number of hydrogen-bond acceptors (Lipinski definition) is 3. The Morgan fingerprint density at radius 2 is 1.37 bits per heavy atom. The van der Waals surface area contributed by atoms with Gasteiger partial charge in [0.2, 0.25) is 0 Å². The fourth-order valence-electron chi connectivity index (χ4n) is 1.91. The summed E-state index contributed by atoms with van der Waals surface area (Å²) in [6, 6.07) is 15.3. The van der Waals surface area contributed by atoms with Crippen molar-refractivity contribution in [1.29, 1.82) is 0 Å². The molecule has 4 nitrogen and oxygen atoms in total. The summed E-state index contributed by atoms with van der Waals surface area (Å²) in [7, 11) is 0. The van der Waals surface area contributed by atoms with Crippen LogP contribution in [0.15, 0.2) is 61.1 Å². The highest BCUT2D eigenvalue weighted by Gasteiger charge is 2.03. The van der Waals surface area contributed by atoms with Gasteiger partial charge in [0.15, 0.2) is 0 Å². The maximum atomic E-state index is 5.68. The first-order chi connectivity index (χ1) is 9.22. The predicted octanol–water partition coefficient (Wildman–Crippen LogP) is 2.70. The van der Waals surface area contributed by atoms with E-state index >= 15 is 0 Å². The van der Waals surface area contributed by atoms with Crippen LogP contribution in [0.3, 0.4) is 0 Å². The van der Waals surface area contributed by atoms with Crippen molar-refractivity contribution in [3.8, 4) is 16.9 Å². The molecule has 0 bridgehead atoms. The van der Waals surface area contributed by atoms with Crippen molar-refractivity contribution in [1.82, 2.24) is 9.55 Å². The van der Waals surface area contributed by atoms with Gasteiger partial charge in [0, 0.05) is 28.8 Å². The number of nitrogens with two attached hydrogens (primary N) is 2. The van der Waals surface area contributed by atoms with Crippen molar-refractivity contribution < 1.29 is 0 Å². The first-order valence-electron chi connectivity index (χ1n) is 5.98. The molecular formula is C15H14N4. The molecule has 4 N–H and O–H groups in total. The summed E-state index contributed by atoms with van der Waals surface area (Å²) < 4.78 is 1.96. The average molecular weight is 250 g/mol. The molecule has 0 spiro atoms. The lowest BCUT2D eigenvalue weighted by molar-refractivity contribution is 1.06. The summed E-state index contributed by atoms with van der Waals surface area (Å²) in [5, 5.41) is 0. The van der Waals surface area contributed by atoms with E-state index in [4.69, 9.17) is 11.5 Å². The zero-order chi connectivity index (χ0) is 13.2. The monoisotopic (exact) mass is 250 g/mol. The Hall–Kier alpha value is -2.75. The van der Waals surface area contributed by atoms with E-state index in [1.165, 1.54) is 0 Å². The molecule has 3 rings (SSSR count). The molecule has 1 heterocycles. The third kappa shape index (κ3) is 2.28. The van der Waals surface area contributed by atoms with Crippen LogP contribution in [0.2, 0.25) is 0 Å². The second kappa shape index (κ2) is 4.49.